The van der Waals surface area contributed by atoms with Gasteiger partial charge in [0.2, 0.25) is 10.0 Å². The molecule has 0 bridgehead atoms. The molecule has 0 unspecified atom stereocenters. The molecule has 3 aliphatic rings. The molecule has 0 spiro atoms. The summed E-state index contributed by atoms with van der Waals surface area (Å²) in [5, 5.41) is 2.84. The van der Waals surface area contributed by atoms with E-state index in [0.29, 0.717) is 49.2 Å². The van der Waals surface area contributed by atoms with E-state index in [2.05, 4.69) is 22.3 Å². The zero-order chi connectivity index (χ0) is 24.0. The summed E-state index contributed by atoms with van der Waals surface area (Å²) in [5.74, 6) is 0.444. The van der Waals surface area contributed by atoms with Crippen molar-refractivity contribution in [1.29, 1.82) is 0 Å². The summed E-state index contributed by atoms with van der Waals surface area (Å²) in [6.07, 6.45) is 0.800. The number of rotatable bonds is 3. The van der Waals surface area contributed by atoms with Crippen molar-refractivity contribution in [3.05, 3.63) is 77.4 Å². The van der Waals surface area contributed by atoms with Crippen LogP contribution in [0.3, 0.4) is 0 Å². The SMILES string of the molecule is O=C1Nc2ccccc2Oc2cc(N3CCc4ccccc4C3)c(S(=O)(=O)N3CCOCC3)cc21. The van der Waals surface area contributed by atoms with Gasteiger partial charge in [0.15, 0.2) is 5.75 Å². The number of benzene rings is 3. The lowest BCUT2D eigenvalue weighted by Crippen LogP contribution is -2.41. The van der Waals surface area contributed by atoms with Gasteiger partial charge in [-0.15, -0.1) is 0 Å². The van der Waals surface area contributed by atoms with Crippen LogP contribution in [-0.2, 0) is 27.7 Å². The normalized spacial score (nSPS) is 17.9. The van der Waals surface area contributed by atoms with E-state index in [0.717, 1.165) is 12.0 Å². The number of fused-ring (bicyclic) bond motifs is 3. The fourth-order valence-corrected chi connectivity index (χ4v) is 6.49. The third-order valence-electron chi connectivity index (χ3n) is 6.72. The summed E-state index contributed by atoms with van der Waals surface area (Å²) < 4.78 is 40.7. The van der Waals surface area contributed by atoms with Gasteiger partial charge in [0.25, 0.3) is 5.91 Å². The molecule has 1 N–H and O–H groups in total. The number of sulfonamides is 1. The lowest BCUT2D eigenvalue weighted by atomic mass is 9.99. The van der Waals surface area contributed by atoms with E-state index in [1.54, 1.807) is 18.2 Å². The first-order valence-corrected chi connectivity index (χ1v) is 13.1. The van der Waals surface area contributed by atoms with Crippen molar-refractivity contribution >= 4 is 27.3 Å². The van der Waals surface area contributed by atoms with Crippen LogP contribution < -0.4 is 15.0 Å². The molecular formula is C26H25N3O5S. The molecule has 0 atom stereocenters. The van der Waals surface area contributed by atoms with Crippen LogP contribution in [0.4, 0.5) is 11.4 Å². The number of carbonyl (C=O) groups excluding carboxylic acids is 1. The number of para-hydroxylation sites is 2. The Bertz CT molecular complexity index is 1420. The maximum atomic E-state index is 13.9. The summed E-state index contributed by atoms with van der Waals surface area (Å²) >= 11 is 0. The molecule has 9 heteroatoms. The molecule has 8 nitrogen and oxygen atoms in total. The van der Waals surface area contributed by atoms with Gasteiger partial charge in [-0.3, -0.25) is 4.79 Å². The molecule has 3 aliphatic heterocycles. The van der Waals surface area contributed by atoms with Gasteiger partial charge in [-0.05, 0) is 35.7 Å². The van der Waals surface area contributed by atoms with E-state index >= 15 is 0 Å². The Morgan fingerprint density at radius 1 is 0.857 bits per heavy atom. The largest absolute Gasteiger partial charge is 0.454 e. The van der Waals surface area contributed by atoms with Gasteiger partial charge in [0, 0.05) is 32.2 Å². The van der Waals surface area contributed by atoms with Crippen LogP contribution in [0.5, 0.6) is 11.5 Å². The molecule has 0 aromatic heterocycles. The van der Waals surface area contributed by atoms with Crippen molar-refractivity contribution in [3.63, 3.8) is 0 Å². The maximum Gasteiger partial charge on any atom is 0.259 e. The highest BCUT2D eigenvalue weighted by Gasteiger charge is 2.34. The van der Waals surface area contributed by atoms with E-state index in [1.165, 1.54) is 15.9 Å². The van der Waals surface area contributed by atoms with Crippen molar-refractivity contribution in [2.45, 2.75) is 17.9 Å². The number of carbonyl (C=O) groups is 1. The average Bonchev–Trinajstić information content (AvgIpc) is 3.03. The van der Waals surface area contributed by atoms with Crippen molar-refractivity contribution in [1.82, 2.24) is 4.31 Å². The second-order valence-electron chi connectivity index (χ2n) is 8.83. The Kier molecular flexibility index (Phi) is 5.47. The van der Waals surface area contributed by atoms with Crippen molar-refractivity contribution in [2.75, 3.05) is 43.1 Å². The third kappa shape index (κ3) is 3.95. The zero-order valence-electron chi connectivity index (χ0n) is 19.1. The molecule has 3 aromatic rings. The highest BCUT2D eigenvalue weighted by atomic mass is 32.2. The maximum absolute atomic E-state index is 13.9. The Balaban J connectivity index is 1.50. The monoisotopic (exact) mass is 491 g/mol. The van der Waals surface area contributed by atoms with Gasteiger partial charge < -0.3 is 19.7 Å². The topological polar surface area (TPSA) is 88.2 Å². The Morgan fingerprint density at radius 3 is 2.43 bits per heavy atom. The molecule has 0 saturated carbocycles. The van der Waals surface area contributed by atoms with E-state index in [9.17, 15) is 13.2 Å². The van der Waals surface area contributed by atoms with Crippen LogP contribution in [-0.4, -0.2) is 51.5 Å². The summed E-state index contributed by atoms with van der Waals surface area (Å²) in [6.45, 7) is 2.46. The molecular weight excluding hydrogens is 466 g/mol. The number of anilines is 2. The first-order chi connectivity index (χ1) is 17.0. The zero-order valence-corrected chi connectivity index (χ0v) is 19.9. The van der Waals surface area contributed by atoms with Crippen LogP contribution in [0, 0.1) is 0 Å². The van der Waals surface area contributed by atoms with E-state index in [-0.39, 0.29) is 23.5 Å². The Hall–Kier alpha value is -3.40. The standard InChI is InChI=1S/C26H25N3O5S/c30-26-20-15-25(35(31,32)29-11-13-33-14-12-29)22(28-10-9-18-5-1-2-6-19(18)17-28)16-24(20)34-23-8-4-3-7-21(23)27-26/h1-8,15-16H,9-14,17H2,(H,27,30). The molecule has 3 aromatic carbocycles. The minimum absolute atomic E-state index is 0.113. The Morgan fingerprint density at radius 2 is 1.60 bits per heavy atom. The number of amides is 1. The molecule has 3 heterocycles. The molecule has 1 fully saturated rings. The van der Waals surface area contributed by atoms with Crippen molar-refractivity contribution in [3.8, 4) is 11.5 Å². The van der Waals surface area contributed by atoms with Gasteiger partial charge in [-0.1, -0.05) is 36.4 Å². The van der Waals surface area contributed by atoms with Crippen LogP contribution in [0.1, 0.15) is 21.5 Å². The molecule has 1 amide bonds. The fourth-order valence-electron chi connectivity index (χ4n) is 4.86. The lowest BCUT2D eigenvalue weighted by Gasteiger charge is -2.34. The summed E-state index contributed by atoms with van der Waals surface area (Å²) in [6, 6.07) is 18.5. The van der Waals surface area contributed by atoms with Gasteiger partial charge in [0.1, 0.15) is 10.6 Å². The third-order valence-corrected chi connectivity index (χ3v) is 8.65. The van der Waals surface area contributed by atoms with E-state index in [1.807, 2.05) is 24.3 Å². The number of ether oxygens (including phenoxy) is 2. The summed E-state index contributed by atoms with van der Waals surface area (Å²) in [5.41, 5.74) is 3.69. The molecule has 35 heavy (non-hydrogen) atoms. The predicted molar refractivity (Wildman–Crippen MR) is 132 cm³/mol. The number of nitrogens with one attached hydrogen (secondary N) is 1. The van der Waals surface area contributed by atoms with Crippen LogP contribution >= 0.6 is 0 Å². The predicted octanol–water partition coefficient (Wildman–Crippen LogP) is 3.63. The van der Waals surface area contributed by atoms with Crippen LogP contribution in [0.15, 0.2) is 65.6 Å². The van der Waals surface area contributed by atoms with Crippen LogP contribution in [0.25, 0.3) is 0 Å². The lowest BCUT2D eigenvalue weighted by molar-refractivity contribution is 0.0730. The second kappa shape index (κ2) is 8.67. The number of hydrogen-bond acceptors (Lipinski definition) is 6. The van der Waals surface area contributed by atoms with E-state index in [4.69, 9.17) is 9.47 Å². The Labute approximate surface area is 204 Å². The second-order valence-corrected chi connectivity index (χ2v) is 10.7. The van der Waals surface area contributed by atoms with Crippen LogP contribution in [0.2, 0.25) is 0 Å². The first kappa shape index (κ1) is 22.1. The van der Waals surface area contributed by atoms with E-state index < -0.39 is 15.9 Å². The molecule has 0 aliphatic carbocycles. The number of morpholine rings is 1. The molecule has 0 radical (unpaired) electrons. The summed E-state index contributed by atoms with van der Waals surface area (Å²) in [7, 11) is -3.88. The fraction of sp³-hybridized carbons (Fsp3) is 0.269. The van der Waals surface area contributed by atoms with Gasteiger partial charge in [-0.2, -0.15) is 4.31 Å². The minimum Gasteiger partial charge on any atom is -0.454 e. The van der Waals surface area contributed by atoms with Crippen molar-refractivity contribution < 1.29 is 22.7 Å². The van der Waals surface area contributed by atoms with Gasteiger partial charge in [0.05, 0.1) is 30.2 Å². The number of nitrogens with zero attached hydrogens (tertiary/aromatic N) is 2. The number of hydrogen-bond donors (Lipinski definition) is 1. The first-order valence-electron chi connectivity index (χ1n) is 11.7. The quantitative estimate of drug-likeness (QED) is 0.602. The smallest absolute Gasteiger partial charge is 0.259 e. The minimum atomic E-state index is -3.88. The molecule has 6 rings (SSSR count). The average molecular weight is 492 g/mol. The van der Waals surface area contributed by atoms with Gasteiger partial charge in [-0.25, -0.2) is 8.42 Å². The highest BCUT2D eigenvalue weighted by Crippen LogP contribution is 2.42. The highest BCUT2D eigenvalue weighted by molar-refractivity contribution is 7.89. The summed E-state index contributed by atoms with van der Waals surface area (Å²) in [4.78, 5) is 15.3. The van der Waals surface area contributed by atoms with Crippen molar-refractivity contribution in [2.24, 2.45) is 0 Å². The molecule has 1 saturated heterocycles. The van der Waals surface area contributed by atoms with Gasteiger partial charge >= 0.3 is 0 Å². The molecule has 180 valence electrons.